The van der Waals surface area contributed by atoms with E-state index < -0.39 is 31.8 Å². The number of amides is 1. The van der Waals surface area contributed by atoms with Crippen LogP contribution in [0.3, 0.4) is 0 Å². The molecule has 0 aliphatic carbocycles. The van der Waals surface area contributed by atoms with Crippen LogP contribution in [0, 0.1) is 0 Å². The molecule has 35 heavy (non-hydrogen) atoms. The van der Waals surface area contributed by atoms with Gasteiger partial charge in [-0.2, -0.15) is 4.57 Å². The topological polar surface area (TPSA) is 128 Å². The molecule has 0 unspecified atom stereocenters. The maximum Gasteiger partial charge on any atom is 0.299 e. The first kappa shape index (κ1) is 27.0. The lowest BCUT2D eigenvalue weighted by atomic mass is 10.3. The van der Waals surface area contributed by atoms with Crippen LogP contribution in [0.2, 0.25) is 0 Å². The zero-order valence-corrected chi connectivity index (χ0v) is 25.1. The first-order valence-electron chi connectivity index (χ1n) is 9.81. The van der Waals surface area contributed by atoms with Crippen molar-refractivity contribution in [2.24, 2.45) is 0 Å². The van der Waals surface area contributed by atoms with Crippen LogP contribution in [-0.4, -0.2) is 45.8 Å². The molecule has 2 aromatic heterocycles. The fraction of sp³-hybridized carbons (Fsp3) is 0.263. The Labute approximate surface area is 231 Å². The summed E-state index contributed by atoms with van der Waals surface area (Å²) in [6.45, 7) is 0.108. The Hall–Kier alpha value is -1.01. The third-order valence-electron chi connectivity index (χ3n) is 4.72. The number of aromatic nitrogens is 1. The van der Waals surface area contributed by atoms with Crippen molar-refractivity contribution >= 4 is 114 Å². The largest absolute Gasteiger partial charge is 0.748 e. The number of carbonyl (C=O) groups excluding carboxylic acids is 1. The number of nitrogens with one attached hydrogen (secondary N) is 1. The minimum Gasteiger partial charge on any atom is -0.748 e. The minimum atomic E-state index is -4.34. The van der Waals surface area contributed by atoms with E-state index in [-0.39, 0.29) is 13.0 Å². The van der Waals surface area contributed by atoms with Gasteiger partial charge in [-0.3, -0.25) is 4.79 Å². The number of rotatable bonds is 8. The van der Waals surface area contributed by atoms with Crippen LogP contribution in [0.4, 0.5) is 5.69 Å². The molecule has 188 valence electrons. The van der Waals surface area contributed by atoms with Crippen molar-refractivity contribution in [3.63, 3.8) is 0 Å². The maximum absolute atomic E-state index is 12.4. The van der Waals surface area contributed by atoms with Gasteiger partial charge in [0.2, 0.25) is 22.1 Å². The molecule has 9 nitrogen and oxygen atoms in total. The number of thiophene rings is 1. The fourth-order valence-corrected chi connectivity index (χ4v) is 9.17. The van der Waals surface area contributed by atoms with Crippen LogP contribution < -0.4 is 14.2 Å². The zero-order valence-electron chi connectivity index (χ0n) is 17.9. The quantitative estimate of drug-likeness (QED) is 0.278. The van der Waals surface area contributed by atoms with Crippen LogP contribution >= 0.6 is 66.3 Å². The van der Waals surface area contributed by atoms with E-state index in [1.54, 1.807) is 4.57 Å². The Morgan fingerprint density at radius 2 is 1.94 bits per heavy atom. The second-order valence-corrected chi connectivity index (χ2v) is 16.5. The molecule has 3 heterocycles. The minimum absolute atomic E-state index is 0.152. The molecule has 1 aliphatic heterocycles. The van der Waals surface area contributed by atoms with Crippen molar-refractivity contribution in [1.82, 2.24) is 4.72 Å². The molecule has 1 aromatic carbocycles. The van der Waals surface area contributed by atoms with Crippen LogP contribution in [0.15, 0.2) is 42.4 Å². The van der Waals surface area contributed by atoms with Gasteiger partial charge < -0.3 is 9.45 Å². The third-order valence-corrected chi connectivity index (χ3v) is 10.6. The lowest BCUT2D eigenvalue weighted by Crippen LogP contribution is -2.45. The van der Waals surface area contributed by atoms with Gasteiger partial charge in [-0.1, -0.05) is 39.0 Å². The standard InChI is InChI=1S/C19H17Br2N3O6S5/c1-34(26,27)22-16(25)10-24-13-8-15(21)32-19(13)33-18(24)9-17-23(5-2-6-35(28,29)30)12-7-11(20)3-4-14(12)31-17/h3-4,7-9H,2,5-6,10H2,1H3,(H-,22,25,28,29,30). The number of thiazole rings is 1. The average molecular weight is 704 g/mol. The highest BCUT2D eigenvalue weighted by Crippen LogP contribution is 2.48. The van der Waals surface area contributed by atoms with E-state index in [2.05, 4.69) is 31.9 Å². The molecule has 0 saturated heterocycles. The number of carbonyl (C=O) groups is 1. The monoisotopic (exact) mass is 701 g/mol. The summed E-state index contributed by atoms with van der Waals surface area (Å²) in [6.07, 6.45) is 2.97. The number of benzene rings is 1. The van der Waals surface area contributed by atoms with E-state index in [1.807, 2.05) is 40.0 Å². The first-order valence-corrected chi connectivity index (χ1v) is 17.3. The molecule has 0 saturated carbocycles. The maximum atomic E-state index is 12.4. The highest BCUT2D eigenvalue weighted by Gasteiger charge is 2.30. The van der Waals surface area contributed by atoms with Gasteiger partial charge in [0, 0.05) is 27.7 Å². The Kier molecular flexibility index (Phi) is 8.03. The molecule has 0 fully saturated rings. The Balaban J connectivity index is 1.73. The van der Waals surface area contributed by atoms with E-state index in [1.165, 1.54) is 34.4 Å². The summed E-state index contributed by atoms with van der Waals surface area (Å²) >= 11 is 11.4. The summed E-state index contributed by atoms with van der Waals surface area (Å²) in [6, 6.07) is 7.65. The van der Waals surface area contributed by atoms with Gasteiger partial charge in [0.25, 0.3) is 10.9 Å². The Morgan fingerprint density at radius 1 is 1.20 bits per heavy atom. The summed E-state index contributed by atoms with van der Waals surface area (Å²) in [5.74, 6) is -1.14. The summed E-state index contributed by atoms with van der Waals surface area (Å²) < 4.78 is 62.9. The SMILES string of the molecule is CS(=O)(=O)NC(=O)C[n+]1c(C=C2Sc3ccc(Br)cc3N2CCCS(=O)(=O)[O-])sc2sc(Br)cc21. The van der Waals surface area contributed by atoms with E-state index in [0.29, 0.717) is 6.54 Å². The number of thioether (sulfide) groups is 1. The van der Waals surface area contributed by atoms with Crippen molar-refractivity contribution in [3.8, 4) is 0 Å². The molecule has 1 N–H and O–H groups in total. The van der Waals surface area contributed by atoms with E-state index >= 15 is 0 Å². The van der Waals surface area contributed by atoms with Gasteiger partial charge in [-0.15, -0.1) is 11.3 Å². The number of hydrogen-bond acceptors (Lipinski definition) is 10. The van der Waals surface area contributed by atoms with Crippen molar-refractivity contribution < 1.29 is 30.7 Å². The molecule has 3 aromatic rings. The van der Waals surface area contributed by atoms with E-state index in [0.717, 1.165) is 44.7 Å². The zero-order chi connectivity index (χ0) is 25.5. The van der Waals surface area contributed by atoms with Gasteiger partial charge in [-0.25, -0.2) is 21.6 Å². The van der Waals surface area contributed by atoms with Gasteiger partial charge in [-0.05, 0) is 40.5 Å². The number of anilines is 1. The normalized spacial score (nSPS) is 15.2. The number of halogens is 2. The van der Waals surface area contributed by atoms with Crippen LogP contribution in [0.5, 0.6) is 0 Å². The lowest BCUT2D eigenvalue weighted by Gasteiger charge is -2.20. The highest BCUT2D eigenvalue weighted by molar-refractivity contribution is 9.11. The summed E-state index contributed by atoms with van der Waals surface area (Å²) in [5, 5.41) is 1.52. The molecule has 0 atom stereocenters. The van der Waals surface area contributed by atoms with E-state index in [9.17, 15) is 26.2 Å². The Bertz CT molecular complexity index is 1560. The average Bonchev–Trinajstić information content (AvgIpc) is 3.32. The van der Waals surface area contributed by atoms with Crippen LogP contribution in [-0.2, 0) is 31.5 Å². The number of sulfonamides is 1. The fourth-order valence-electron chi connectivity index (χ4n) is 3.44. The lowest BCUT2D eigenvalue weighted by molar-refractivity contribution is -0.655. The van der Waals surface area contributed by atoms with Crippen LogP contribution in [0.1, 0.15) is 11.4 Å². The second kappa shape index (κ2) is 10.4. The molecule has 4 rings (SSSR count). The predicted octanol–water partition coefficient (Wildman–Crippen LogP) is 3.70. The molecule has 0 spiro atoms. The van der Waals surface area contributed by atoms with Gasteiger partial charge in [0.1, 0.15) is 0 Å². The number of hydrogen-bond donors (Lipinski definition) is 1. The Morgan fingerprint density at radius 3 is 2.63 bits per heavy atom. The molecule has 16 heteroatoms. The van der Waals surface area contributed by atoms with Crippen LogP contribution in [0.25, 0.3) is 15.6 Å². The number of nitrogens with zero attached hydrogens (tertiary/aromatic N) is 2. The second-order valence-electron chi connectivity index (χ2n) is 7.51. The van der Waals surface area contributed by atoms with Crippen molar-refractivity contribution in [3.05, 3.63) is 42.6 Å². The van der Waals surface area contributed by atoms with Gasteiger partial charge in [0.15, 0.2) is 4.01 Å². The highest BCUT2D eigenvalue weighted by atomic mass is 79.9. The molecular weight excluding hydrogens is 686 g/mol. The van der Waals surface area contributed by atoms with Crippen molar-refractivity contribution in [2.45, 2.75) is 17.9 Å². The van der Waals surface area contributed by atoms with Crippen molar-refractivity contribution in [2.75, 3.05) is 23.5 Å². The molecule has 1 amide bonds. The summed E-state index contributed by atoms with van der Waals surface area (Å²) in [7, 11) is -8.04. The smallest absolute Gasteiger partial charge is 0.299 e. The van der Waals surface area contributed by atoms with E-state index in [4.69, 9.17) is 0 Å². The number of fused-ring (bicyclic) bond motifs is 2. The van der Waals surface area contributed by atoms with Crippen molar-refractivity contribution in [1.29, 1.82) is 0 Å². The molecule has 1 aliphatic rings. The first-order chi connectivity index (χ1) is 16.3. The summed E-state index contributed by atoms with van der Waals surface area (Å²) in [5.41, 5.74) is 1.66. The summed E-state index contributed by atoms with van der Waals surface area (Å²) in [4.78, 5) is 15.3. The molecule has 0 bridgehead atoms. The molecule has 0 radical (unpaired) electrons. The molecular formula is C19H17Br2N3O6S5. The van der Waals surface area contributed by atoms with Gasteiger partial charge in [0.05, 0.1) is 37.0 Å². The third kappa shape index (κ3) is 6.85. The van der Waals surface area contributed by atoms with Gasteiger partial charge >= 0.3 is 0 Å². The predicted molar refractivity (Wildman–Crippen MR) is 145 cm³/mol.